The Balaban J connectivity index is 1.59. The monoisotopic (exact) mass is 349 g/mol. The zero-order chi connectivity index (χ0) is 17.1. The topological polar surface area (TPSA) is 92.9 Å². The Morgan fingerprint density at radius 2 is 2.42 bits per heavy atom. The largest absolute Gasteiger partial charge is 0.387 e. The maximum absolute atomic E-state index is 12.1. The van der Waals surface area contributed by atoms with Crippen molar-refractivity contribution in [1.82, 2.24) is 20.0 Å². The lowest BCUT2D eigenvalue weighted by atomic mass is 9.88. The van der Waals surface area contributed by atoms with Crippen molar-refractivity contribution >= 4 is 22.4 Å². The Hall–Kier alpha value is -1.80. The number of nitrogens with one attached hydrogen (secondary N) is 1. The molecular weight excluding hydrogens is 326 g/mol. The molecule has 2 atom stereocenters. The average Bonchev–Trinajstić information content (AvgIpc) is 3.13. The first-order valence-electron chi connectivity index (χ1n) is 8.41. The fourth-order valence-corrected chi connectivity index (χ4v) is 4.18. The average molecular weight is 349 g/mol. The Bertz CT molecular complexity index is 709. The van der Waals surface area contributed by atoms with Crippen LogP contribution in [0.3, 0.4) is 0 Å². The van der Waals surface area contributed by atoms with Gasteiger partial charge < -0.3 is 10.4 Å². The van der Waals surface area contributed by atoms with Gasteiger partial charge in [0.15, 0.2) is 5.13 Å². The zero-order valence-corrected chi connectivity index (χ0v) is 14.8. The van der Waals surface area contributed by atoms with Gasteiger partial charge >= 0.3 is 0 Å². The van der Waals surface area contributed by atoms with E-state index in [4.69, 9.17) is 0 Å². The lowest BCUT2D eigenvalue weighted by molar-refractivity contribution is -0.116. The van der Waals surface area contributed by atoms with E-state index in [-0.39, 0.29) is 12.5 Å². The molecule has 0 bridgehead atoms. The number of aliphatic hydroxyl groups excluding tert-OH is 1. The lowest BCUT2D eigenvalue weighted by Gasteiger charge is -2.19. The number of aliphatic hydroxyl groups is 1. The summed E-state index contributed by atoms with van der Waals surface area (Å²) in [7, 11) is 0. The summed E-state index contributed by atoms with van der Waals surface area (Å²) in [4.78, 5) is 18.0. The van der Waals surface area contributed by atoms with E-state index in [1.165, 1.54) is 28.8 Å². The van der Waals surface area contributed by atoms with Crippen LogP contribution in [-0.2, 0) is 24.2 Å². The van der Waals surface area contributed by atoms with Gasteiger partial charge in [0.25, 0.3) is 0 Å². The summed E-state index contributed by atoms with van der Waals surface area (Å²) in [6.07, 6.45) is 6.64. The van der Waals surface area contributed by atoms with Crippen molar-refractivity contribution in [3.63, 3.8) is 0 Å². The number of carbonyl (C=O) groups excluding carboxylic acids is 1. The number of nitrogens with zero attached hydrogens (tertiary/aromatic N) is 4. The number of thiazole rings is 1. The second kappa shape index (κ2) is 7.40. The molecule has 1 aliphatic carbocycles. The Kier molecular flexibility index (Phi) is 5.25. The van der Waals surface area contributed by atoms with Crippen molar-refractivity contribution in [1.29, 1.82) is 0 Å². The second-order valence-corrected chi connectivity index (χ2v) is 7.44. The highest BCUT2D eigenvalue weighted by molar-refractivity contribution is 7.15. The predicted molar refractivity (Wildman–Crippen MR) is 91.8 cm³/mol. The lowest BCUT2D eigenvalue weighted by Crippen LogP contribution is -2.19. The second-order valence-electron chi connectivity index (χ2n) is 6.35. The van der Waals surface area contributed by atoms with Crippen LogP contribution in [0, 0.1) is 5.92 Å². The highest BCUT2D eigenvalue weighted by atomic mass is 32.1. The van der Waals surface area contributed by atoms with Gasteiger partial charge in [-0.3, -0.25) is 4.79 Å². The number of hydrogen-bond donors (Lipinski definition) is 2. The third kappa shape index (κ3) is 3.99. The van der Waals surface area contributed by atoms with E-state index in [1.54, 1.807) is 24.5 Å². The molecule has 8 heteroatoms. The molecule has 24 heavy (non-hydrogen) atoms. The number of carbonyl (C=O) groups is 1. The molecule has 3 rings (SSSR count). The molecule has 0 spiro atoms. The molecule has 7 nitrogen and oxygen atoms in total. The molecule has 2 N–H and O–H groups in total. The molecule has 2 unspecified atom stereocenters. The molecule has 2 heterocycles. The van der Waals surface area contributed by atoms with Crippen LogP contribution < -0.4 is 5.32 Å². The third-order valence-electron chi connectivity index (χ3n) is 4.27. The quantitative estimate of drug-likeness (QED) is 0.835. The fourth-order valence-electron chi connectivity index (χ4n) is 3.04. The first kappa shape index (κ1) is 17.0. The van der Waals surface area contributed by atoms with Gasteiger partial charge in [-0.15, -0.1) is 16.4 Å². The number of amides is 1. The van der Waals surface area contributed by atoms with Gasteiger partial charge in [0.05, 0.1) is 18.0 Å². The number of hydrogen-bond acceptors (Lipinski definition) is 6. The predicted octanol–water partition coefficient (Wildman–Crippen LogP) is 2.33. The third-order valence-corrected chi connectivity index (χ3v) is 5.31. The fraction of sp³-hybridized carbons (Fsp3) is 0.625. The Labute approximate surface area is 145 Å². The minimum Gasteiger partial charge on any atom is -0.387 e. The maximum atomic E-state index is 12.1. The van der Waals surface area contributed by atoms with Crippen LogP contribution in [0.5, 0.6) is 0 Å². The summed E-state index contributed by atoms with van der Waals surface area (Å²) in [5, 5.41) is 20.6. The normalized spacial score (nSPS) is 18.2. The van der Waals surface area contributed by atoms with E-state index in [0.717, 1.165) is 24.5 Å². The van der Waals surface area contributed by atoms with Crippen LogP contribution in [0.1, 0.15) is 55.5 Å². The maximum Gasteiger partial charge on any atom is 0.247 e. The zero-order valence-electron chi connectivity index (χ0n) is 14.0. The van der Waals surface area contributed by atoms with Crippen molar-refractivity contribution in [3.05, 3.63) is 22.5 Å². The highest BCUT2D eigenvalue weighted by Crippen LogP contribution is 2.34. The van der Waals surface area contributed by atoms with E-state index in [0.29, 0.717) is 10.8 Å². The van der Waals surface area contributed by atoms with E-state index in [9.17, 15) is 9.90 Å². The Morgan fingerprint density at radius 1 is 1.58 bits per heavy atom. The smallest absolute Gasteiger partial charge is 0.247 e. The van der Waals surface area contributed by atoms with Crippen molar-refractivity contribution < 1.29 is 9.90 Å². The molecular formula is C16H23N5O2S. The van der Waals surface area contributed by atoms with E-state index < -0.39 is 6.10 Å². The standard InChI is InChI=1S/C16H23N5O2S/c1-3-4-11-5-6-12-14(7-11)24-16(17-12)18-15(23)9-21-8-13(10(2)22)19-20-21/h8,10-11,22H,3-7,9H2,1-2H3,(H,17,18,23). The van der Waals surface area contributed by atoms with E-state index in [1.807, 2.05) is 0 Å². The van der Waals surface area contributed by atoms with E-state index in [2.05, 4.69) is 27.5 Å². The van der Waals surface area contributed by atoms with Gasteiger partial charge in [0.1, 0.15) is 12.2 Å². The van der Waals surface area contributed by atoms with Crippen molar-refractivity contribution in [3.8, 4) is 0 Å². The van der Waals surface area contributed by atoms with Crippen molar-refractivity contribution in [2.24, 2.45) is 5.92 Å². The molecule has 0 saturated heterocycles. The Morgan fingerprint density at radius 3 is 3.12 bits per heavy atom. The first-order chi connectivity index (χ1) is 11.5. The van der Waals surface area contributed by atoms with Crippen LogP contribution >= 0.6 is 11.3 Å². The molecule has 0 aliphatic heterocycles. The molecule has 0 saturated carbocycles. The van der Waals surface area contributed by atoms with Gasteiger partial charge in [-0.2, -0.15) is 0 Å². The summed E-state index contributed by atoms with van der Waals surface area (Å²) in [5.74, 6) is 0.564. The number of aromatic nitrogens is 4. The molecule has 0 aromatic carbocycles. The minimum absolute atomic E-state index is 0.0580. The SMILES string of the molecule is CCCC1CCc2nc(NC(=O)Cn3cc(C(C)O)nn3)sc2C1. The molecule has 2 aromatic rings. The molecule has 1 aliphatic rings. The van der Waals surface area contributed by atoms with Crippen LogP contribution in [-0.4, -0.2) is 31.0 Å². The molecule has 1 amide bonds. The van der Waals surface area contributed by atoms with Crippen LogP contribution in [0.15, 0.2) is 6.20 Å². The van der Waals surface area contributed by atoms with Crippen LogP contribution in [0.4, 0.5) is 5.13 Å². The van der Waals surface area contributed by atoms with Gasteiger partial charge in [0.2, 0.25) is 5.91 Å². The summed E-state index contributed by atoms with van der Waals surface area (Å²) < 4.78 is 1.42. The minimum atomic E-state index is -0.691. The number of aryl methyl sites for hydroxylation is 1. The van der Waals surface area contributed by atoms with Gasteiger partial charge in [-0.1, -0.05) is 25.0 Å². The summed E-state index contributed by atoms with van der Waals surface area (Å²) in [6, 6.07) is 0. The number of rotatable bonds is 6. The molecule has 0 radical (unpaired) electrons. The number of fused-ring (bicyclic) bond motifs is 1. The summed E-state index contributed by atoms with van der Waals surface area (Å²) in [5.41, 5.74) is 1.59. The number of anilines is 1. The van der Waals surface area contributed by atoms with Crippen molar-refractivity contribution in [2.45, 2.75) is 58.6 Å². The molecule has 0 fully saturated rings. The van der Waals surface area contributed by atoms with Crippen LogP contribution in [0.25, 0.3) is 0 Å². The summed E-state index contributed by atoms with van der Waals surface area (Å²) in [6.45, 7) is 3.89. The van der Waals surface area contributed by atoms with Gasteiger partial charge in [-0.05, 0) is 32.1 Å². The van der Waals surface area contributed by atoms with Gasteiger partial charge in [-0.25, -0.2) is 9.67 Å². The highest BCUT2D eigenvalue weighted by Gasteiger charge is 2.22. The molecule has 130 valence electrons. The van der Waals surface area contributed by atoms with Crippen LogP contribution in [0.2, 0.25) is 0 Å². The van der Waals surface area contributed by atoms with Crippen molar-refractivity contribution in [2.75, 3.05) is 5.32 Å². The van der Waals surface area contributed by atoms with Gasteiger partial charge in [0, 0.05) is 4.88 Å². The molecule has 2 aromatic heterocycles. The van der Waals surface area contributed by atoms with E-state index >= 15 is 0 Å². The summed E-state index contributed by atoms with van der Waals surface area (Å²) >= 11 is 1.59. The first-order valence-corrected chi connectivity index (χ1v) is 9.23.